The Balaban J connectivity index is 2.30. The first-order chi connectivity index (χ1) is 7.08. The second kappa shape index (κ2) is 3.81. The predicted molar refractivity (Wildman–Crippen MR) is 57.7 cm³/mol. The maximum atomic E-state index is 13.0. The molecule has 0 saturated carbocycles. The van der Waals surface area contributed by atoms with E-state index in [9.17, 15) is 9.18 Å². The van der Waals surface area contributed by atoms with Gasteiger partial charge in [-0.05, 0) is 30.7 Å². The monoisotopic (exact) mass is 227 g/mol. The summed E-state index contributed by atoms with van der Waals surface area (Å²) in [5, 5.41) is -0.136. The lowest BCUT2D eigenvalue weighted by Gasteiger charge is -2.16. The van der Waals surface area contributed by atoms with Crippen molar-refractivity contribution in [1.29, 1.82) is 0 Å². The molecule has 1 aliphatic rings. The van der Waals surface area contributed by atoms with Crippen molar-refractivity contribution in [1.82, 2.24) is 0 Å². The van der Waals surface area contributed by atoms with Gasteiger partial charge >= 0.3 is 0 Å². The number of halogens is 2. The highest BCUT2D eigenvalue weighted by Gasteiger charge is 2.29. The topological polar surface area (TPSA) is 20.3 Å². The Morgan fingerprint density at radius 1 is 1.53 bits per heavy atom. The van der Waals surface area contributed by atoms with Crippen molar-refractivity contribution < 1.29 is 9.18 Å². The molecule has 1 aromatic carbocycles. The van der Waals surface area contributed by atoms with Crippen LogP contribution in [0.15, 0.2) is 18.2 Å². The average molecular weight is 228 g/mol. The predicted octanol–water partition coefficient (Wildman–Crippen LogP) is 2.48. The number of hydrogen-bond donors (Lipinski definition) is 0. The van der Waals surface area contributed by atoms with Crippen molar-refractivity contribution >= 4 is 23.2 Å². The van der Waals surface area contributed by atoms with Gasteiger partial charge in [-0.1, -0.05) is 0 Å². The van der Waals surface area contributed by atoms with Crippen LogP contribution in [0.25, 0.3) is 0 Å². The highest BCUT2D eigenvalue weighted by atomic mass is 35.5. The molecule has 1 unspecified atom stereocenters. The van der Waals surface area contributed by atoms with E-state index in [0.717, 1.165) is 5.69 Å². The Hall–Kier alpha value is -1.09. The number of nitrogens with zero attached hydrogens (tertiary/aromatic N) is 1. The molecule has 1 saturated heterocycles. The van der Waals surface area contributed by atoms with E-state index in [4.69, 9.17) is 11.6 Å². The molecule has 1 heterocycles. The summed E-state index contributed by atoms with van der Waals surface area (Å²) in [6, 6.07) is 4.65. The van der Waals surface area contributed by atoms with Gasteiger partial charge < -0.3 is 4.90 Å². The first-order valence-electron chi connectivity index (χ1n) is 4.78. The SMILES string of the molecule is Cc1cc(N2CC(Cl)CC2=O)ccc1F. The van der Waals surface area contributed by atoms with Crippen LogP contribution in [0.1, 0.15) is 12.0 Å². The van der Waals surface area contributed by atoms with Crippen LogP contribution in [0, 0.1) is 12.7 Å². The molecule has 2 rings (SSSR count). The minimum Gasteiger partial charge on any atom is -0.311 e. The number of hydrogen-bond acceptors (Lipinski definition) is 1. The summed E-state index contributed by atoms with van der Waals surface area (Å²) in [5.74, 6) is -0.256. The fourth-order valence-corrected chi connectivity index (χ4v) is 1.98. The van der Waals surface area contributed by atoms with E-state index in [1.807, 2.05) is 0 Å². The molecule has 80 valence electrons. The van der Waals surface area contributed by atoms with Crippen molar-refractivity contribution in [3.05, 3.63) is 29.6 Å². The molecule has 0 spiro atoms. The van der Waals surface area contributed by atoms with E-state index in [2.05, 4.69) is 0 Å². The average Bonchev–Trinajstić information content (AvgIpc) is 2.50. The van der Waals surface area contributed by atoms with Gasteiger partial charge in [0, 0.05) is 18.7 Å². The molecule has 0 aromatic heterocycles. The van der Waals surface area contributed by atoms with Crippen molar-refractivity contribution in [2.24, 2.45) is 0 Å². The number of amides is 1. The van der Waals surface area contributed by atoms with E-state index in [0.29, 0.717) is 18.5 Å². The smallest absolute Gasteiger partial charge is 0.228 e. The van der Waals surface area contributed by atoms with Crippen molar-refractivity contribution in [2.45, 2.75) is 18.7 Å². The molecule has 1 amide bonds. The molecule has 2 nitrogen and oxygen atoms in total. The van der Waals surface area contributed by atoms with Crippen LogP contribution in [0.2, 0.25) is 0 Å². The van der Waals surface area contributed by atoms with Gasteiger partial charge in [-0.25, -0.2) is 4.39 Å². The number of carbonyl (C=O) groups excluding carboxylic acids is 1. The highest BCUT2D eigenvalue weighted by molar-refractivity contribution is 6.24. The maximum Gasteiger partial charge on any atom is 0.228 e. The second-order valence-electron chi connectivity index (χ2n) is 3.74. The van der Waals surface area contributed by atoms with Crippen LogP contribution >= 0.6 is 11.6 Å². The Labute approximate surface area is 92.6 Å². The number of aryl methyl sites for hydroxylation is 1. The molecule has 0 aliphatic carbocycles. The minimum atomic E-state index is -0.257. The van der Waals surface area contributed by atoms with Gasteiger partial charge in [0.25, 0.3) is 0 Å². The number of anilines is 1. The Morgan fingerprint density at radius 2 is 2.27 bits per heavy atom. The van der Waals surface area contributed by atoms with Crippen LogP contribution in [0.3, 0.4) is 0 Å². The highest BCUT2D eigenvalue weighted by Crippen LogP contribution is 2.25. The van der Waals surface area contributed by atoms with Gasteiger partial charge in [-0.15, -0.1) is 11.6 Å². The molecule has 0 N–H and O–H groups in total. The lowest BCUT2D eigenvalue weighted by Crippen LogP contribution is -2.24. The van der Waals surface area contributed by atoms with E-state index < -0.39 is 0 Å². The molecule has 1 fully saturated rings. The fraction of sp³-hybridized carbons (Fsp3) is 0.364. The third-order valence-electron chi connectivity index (χ3n) is 2.53. The summed E-state index contributed by atoms with van der Waals surface area (Å²) in [7, 11) is 0. The van der Waals surface area contributed by atoms with Crippen molar-refractivity contribution in [2.75, 3.05) is 11.4 Å². The second-order valence-corrected chi connectivity index (χ2v) is 4.36. The van der Waals surface area contributed by atoms with Crippen molar-refractivity contribution in [3.63, 3.8) is 0 Å². The Morgan fingerprint density at radius 3 is 2.80 bits per heavy atom. The summed E-state index contributed by atoms with van der Waals surface area (Å²) >= 11 is 5.89. The fourth-order valence-electron chi connectivity index (χ4n) is 1.71. The van der Waals surface area contributed by atoms with Crippen LogP contribution < -0.4 is 4.90 Å². The molecule has 1 atom stereocenters. The van der Waals surface area contributed by atoms with Gasteiger partial charge in [0.1, 0.15) is 5.82 Å². The van der Waals surface area contributed by atoms with E-state index in [-0.39, 0.29) is 17.1 Å². The first-order valence-corrected chi connectivity index (χ1v) is 5.22. The van der Waals surface area contributed by atoms with Crippen molar-refractivity contribution in [3.8, 4) is 0 Å². The molecule has 0 radical (unpaired) electrons. The molecule has 1 aromatic rings. The number of alkyl halides is 1. The van der Waals surface area contributed by atoms with E-state index in [1.165, 1.54) is 6.07 Å². The Kier molecular flexibility index (Phi) is 2.65. The van der Waals surface area contributed by atoms with Gasteiger partial charge in [-0.2, -0.15) is 0 Å². The zero-order valence-corrected chi connectivity index (χ0v) is 9.09. The van der Waals surface area contributed by atoms with E-state index in [1.54, 1.807) is 24.0 Å². The van der Waals surface area contributed by atoms with Crippen LogP contribution in [0.5, 0.6) is 0 Å². The largest absolute Gasteiger partial charge is 0.311 e. The third-order valence-corrected chi connectivity index (χ3v) is 2.82. The normalized spacial score (nSPS) is 21.1. The number of rotatable bonds is 1. The third kappa shape index (κ3) is 1.97. The molecular weight excluding hydrogens is 217 g/mol. The summed E-state index contributed by atoms with van der Waals surface area (Å²) in [6.45, 7) is 2.18. The molecule has 4 heteroatoms. The number of benzene rings is 1. The Bertz CT molecular complexity index is 408. The van der Waals surface area contributed by atoms with Gasteiger partial charge in [0.05, 0.1) is 5.38 Å². The van der Waals surface area contributed by atoms with E-state index >= 15 is 0 Å². The van der Waals surface area contributed by atoms with Gasteiger partial charge in [0.15, 0.2) is 0 Å². The lowest BCUT2D eigenvalue weighted by atomic mass is 10.2. The first kappa shape index (κ1) is 10.4. The summed E-state index contributed by atoms with van der Waals surface area (Å²) in [5.41, 5.74) is 1.26. The molecular formula is C11H11ClFNO. The maximum absolute atomic E-state index is 13.0. The standard InChI is InChI=1S/C11H11ClFNO/c1-7-4-9(2-3-10(7)13)14-6-8(12)5-11(14)15/h2-4,8H,5-6H2,1H3. The molecule has 0 bridgehead atoms. The summed E-state index contributed by atoms with van der Waals surface area (Å²) in [6.07, 6.45) is 0.359. The lowest BCUT2D eigenvalue weighted by molar-refractivity contribution is -0.117. The molecule has 1 aliphatic heterocycles. The van der Waals surface area contributed by atoms with Gasteiger partial charge in [0.2, 0.25) is 5.91 Å². The quantitative estimate of drug-likeness (QED) is 0.675. The minimum absolute atomic E-state index is 0.000933. The zero-order valence-electron chi connectivity index (χ0n) is 8.34. The van der Waals surface area contributed by atoms with Gasteiger partial charge in [-0.3, -0.25) is 4.79 Å². The zero-order chi connectivity index (χ0) is 11.0. The van der Waals surface area contributed by atoms with Crippen LogP contribution in [-0.4, -0.2) is 17.8 Å². The number of carbonyl (C=O) groups is 1. The van der Waals surface area contributed by atoms with Crippen LogP contribution in [0.4, 0.5) is 10.1 Å². The summed E-state index contributed by atoms with van der Waals surface area (Å²) < 4.78 is 13.0. The summed E-state index contributed by atoms with van der Waals surface area (Å²) in [4.78, 5) is 13.1. The molecule has 15 heavy (non-hydrogen) atoms. The van der Waals surface area contributed by atoms with Crippen LogP contribution in [-0.2, 0) is 4.79 Å².